The van der Waals surface area contributed by atoms with Crippen LogP contribution >= 0.6 is 0 Å². The lowest BCUT2D eigenvalue weighted by molar-refractivity contribution is -0.127. The van der Waals surface area contributed by atoms with Crippen LogP contribution in [0.2, 0.25) is 0 Å². The zero-order valence-electron chi connectivity index (χ0n) is 13.2. The fourth-order valence-electron chi connectivity index (χ4n) is 3.14. The fraction of sp³-hybridized carbons (Fsp3) is 0.412. The van der Waals surface area contributed by atoms with Crippen molar-refractivity contribution in [2.75, 3.05) is 13.1 Å². The number of carbonyl (C=O) groups is 1. The van der Waals surface area contributed by atoms with Crippen LogP contribution in [0.5, 0.6) is 0 Å². The lowest BCUT2D eigenvalue weighted by atomic mass is 9.74. The zero-order valence-corrected chi connectivity index (χ0v) is 13.2. The van der Waals surface area contributed by atoms with Crippen LogP contribution in [0.4, 0.5) is 4.39 Å². The molecule has 0 radical (unpaired) electrons. The van der Waals surface area contributed by atoms with Gasteiger partial charge in [0, 0.05) is 6.54 Å². The molecule has 0 aliphatic carbocycles. The molecule has 3 rings (SSSR count). The van der Waals surface area contributed by atoms with Gasteiger partial charge in [-0.2, -0.15) is 5.10 Å². The van der Waals surface area contributed by atoms with Gasteiger partial charge in [0.2, 0.25) is 5.91 Å². The molecule has 1 atom stereocenters. The quantitative estimate of drug-likeness (QED) is 0.805. The van der Waals surface area contributed by atoms with E-state index in [1.807, 2.05) is 6.92 Å². The summed E-state index contributed by atoms with van der Waals surface area (Å²) in [5, 5.41) is 13.2. The summed E-state index contributed by atoms with van der Waals surface area (Å²) in [6.45, 7) is 3.82. The number of hydrogen-bond acceptors (Lipinski definition) is 3. The molecule has 1 aliphatic rings. The molecule has 6 heteroatoms. The predicted octanol–water partition coefficient (Wildman–Crippen LogP) is 1.79. The van der Waals surface area contributed by atoms with Gasteiger partial charge in [-0.05, 0) is 49.6 Å². The molecular weight excluding hydrogens is 295 g/mol. The standard InChI is InChI=1S/C17H21FN4O/c1-12-9-21-22-15(12)10-20-16(23)17(7-2-8-19-11-17)13-3-5-14(18)6-4-13/h3-6,9,19H,2,7-8,10-11H2,1H3,(H,20,23)(H,21,22)/t17-/m1/s1. The minimum atomic E-state index is -0.653. The summed E-state index contributed by atoms with van der Waals surface area (Å²) in [5.41, 5.74) is 2.11. The Morgan fingerprint density at radius 2 is 2.17 bits per heavy atom. The van der Waals surface area contributed by atoms with Crippen LogP contribution in [-0.2, 0) is 16.8 Å². The lowest BCUT2D eigenvalue weighted by Gasteiger charge is -2.36. The SMILES string of the molecule is Cc1cn[nH]c1CNC(=O)[C@]1(c2ccc(F)cc2)CCCNC1. The summed E-state index contributed by atoms with van der Waals surface area (Å²) in [5.74, 6) is -0.327. The van der Waals surface area contributed by atoms with E-state index in [1.54, 1.807) is 18.3 Å². The van der Waals surface area contributed by atoms with Crippen molar-refractivity contribution in [3.05, 3.63) is 53.1 Å². The van der Waals surface area contributed by atoms with E-state index in [2.05, 4.69) is 20.8 Å². The predicted molar refractivity (Wildman–Crippen MR) is 85.4 cm³/mol. The number of nitrogens with zero attached hydrogens (tertiary/aromatic N) is 1. The third kappa shape index (κ3) is 3.12. The first-order valence-corrected chi connectivity index (χ1v) is 7.86. The first kappa shape index (κ1) is 15.7. The molecule has 1 aromatic heterocycles. The van der Waals surface area contributed by atoms with E-state index in [0.717, 1.165) is 36.2 Å². The minimum absolute atomic E-state index is 0.0368. The number of halogens is 1. The largest absolute Gasteiger partial charge is 0.350 e. The number of aromatic nitrogens is 2. The van der Waals surface area contributed by atoms with E-state index in [1.165, 1.54) is 12.1 Å². The molecule has 1 amide bonds. The summed E-state index contributed by atoms with van der Waals surface area (Å²) < 4.78 is 13.2. The number of rotatable bonds is 4. The molecule has 2 heterocycles. The topological polar surface area (TPSA) is 69.8 Å². The molecule has 23 heavy (non-hydrogen) atoms. The molecule has 0 bridgehead atoms. The summed E-state index contributed by atoms with van der Waals surface area (Å²) >= 11 is 0. The molecule has 1 aliphatic heterocycles. The second-order valence-electron chi connectivity index (χ2n) is 6.08. The second kappa shape index (κ2) is 6.50. The van der Waals surface area contributed by atoms with Crippen molar-refractivity contribution >= 4 is 5.91 Å². The van der Waals surface area contributed by atoms with Gasteiger partial charge in [0.25, 0.3) is 0 Å². The molecule has 0 unspecified atom stereocenters. The van der Waals surface area contributed by atoms with Crippen LogP contribution in [0.1, 0.15) is 29.7 Å². The van der Waals surface area contributed by atoms with Crippen molar-refractivity contribution in [1.29, 1.82) is 0 Å². The summed E-state index contributed by atoms with van der Waals surface area (Å²) in [6.07, 6.45) is 3.40. The molecule has 1 aromatic carbocycles. The normalized spacial score (nSPS) is 21.1. The molecule has 0 saturated carbocycles. The highest BCUT2D eigenvalue weighted by atomic mass is 19.1. The third-order valence-electron chi connectivity index (χ3n) is 4.57. The summed E-state index contributed by atoms with van der Waals surface area (Å²) in [4.78, 5) is 12.9. The second-order valence-corrected chi connectivity index (χ2v) is 6.08. The number of amides is 1. The minimum Gasteiger partial charge on any atom is -0.350 e. The van der Waals surface area contributed by atoms with Crippen LogP contribution in [0.25, 0.3) is 0 Å². The van der Waals surface area contributed by atoms with E-state index < -0.39 is 5.41 Å². The average Bonchev–Trinajstić information content (AvgIpc) is 2.99. The Hall–Kier alpha value is -2.21. The number of aryl methyl sites for hydroxylation is 1. The van der Waals surface area contributed by atoms with Gasteiger partial charge >= 0.3 is 0 Å². The van der Waals surface area contributed by atoms with Crippen molar-refractivity contribution in [2.24, 2.45) is 0 Å². The molecule has 1 saturated heterocycles. The number of benzene rings is 1. The van der Waals surface area contributed by atoms with Crippen molar-refractivity contribution in [3.8, 4) is 0 Å². The number of hydrogen-bond donors (Lipinski definition) is 3. The summed E-state index contributed by atoms with van der Waals surface area (Å²) in [7, 11) is 0. The smallest absolute Gasteiger partial charge is 0.232 e. The molecular formula is C17H21FN4O. The van der Waals surface area contributed by atoms with Gasteiger partial charge < -0.3 is 10.6 Å². The van der Waals surface area contributed by atoms with E-state index in [9.17, 15) is 9.18 Å². The monoisotopic (exact) mass is 316 g/mol. The van der Waals surface area contributed by atoms with Crippen LogP contribution in [0, 0.1) is 12.7 Å². The van der Waals surface area contributed by atoms with Gasteiger partial charge in [0.15, 0.2) is 0 Å². The number of aromatic amines is 1. The lowest BCUT2D eigenvalue weighted by Crippen LogP contribution is -2.53. The molecule has 1 fully saturated rings. The number of carbonyl (C=O) groups excluding carboxylic acids is 1. The first-order chi connectivity index (χ1) is 11.1. The Labute approximate surface area is 134 Å². The Bertz CT molecular complexity index is 674. The van der Waals surface area contributed by atoms with Gasteiger partial charge in [-0.1, -0.05) is 12.1 Å². The number of nitrogens with one attached hydrogen (secondary N) is 3. The van der Waals surface area contributed by atoms with Crippen molar-refractivity contribution < 1.29 is 9.18 Å². The van der Waals surface area contributed by atoms with Crippen LogP contribution < -0.4 is 10.6 Å². The van der Waals surface area contributed by atoms with Crippen molar-refractivity contribution in [2.45, 2.75) is 31.7 Å². The number of H-pyrrole nitrogens is 1. The van der Waals surface area contributed by atoms with Gasteiger partial charge in [-0.3, -0.25) is 9.89 Å². The van der Waals surface area contributed by atoms with Crippen molar-refractivity contribution in [1.82, 2.24) is 20.8 Å². The molecule has 2 aromatic rings. The van der Waals surface area contributed by atoms with Crippen LogP contribution in [0.3, 0.4) is 0 Å². The van der Waals surface area contributed by atoms with E-state index in [0.29, 0.717) is 13.1 Å². The molecule has 122 valence electrons. The molecule has 5 nitrogen and oxygen atoms in total. The Morgan fingerprint density at radius 3 is 2.78 bits per heavy atom. The highest BCUT2D eigenvalue weighted by molar-refractivity contribution is 5.88. The van der Waals surface area contributed by atoms with Crippen LogP contribution in [-0.4, -0.2) is 29.2 Å². The van der Waals surface area contributed by atoms with Gasteiger partial charge in [0.1, 0.15) is 5.82 Å². The maximum Gasteiger partial charge on any atom is 0.232 e. The van der Waals surface area contributed by atoms with Crippen molar-refractivity contribution in [3.63, 3.8) is 0 Å². The Balaban J connectivity index is 1.82. The number of piperidine rings is 1. The van der Waals surface area contributed by atoms with Crippen LogP contribution in [0.15, 0.2) is 30.5 Å². The highest BCUT2D eigenvalue weighted by Gasteiger charge is 2.41. The van der Waals surface area contributed by atoms with E-state index in [4.69, 9.17) is 0 Å². The molecule has 3 N–H and O–H groups in total. The maximum atomic E-state index is 13.2. The summed E-state index contributed by atoms with van der Waals surface area (Å²) in [6, 6.07) is 6.25. The third-order valence-corrected chi connectivity index (χ3v) is 4.57. The Kier molecular flexibility index (Phi) is 4.43. The highest BCUT2D eigenvalue weighted by Crippen LogP contribution is 2.32. The first-order valence-electron chi connectivity index (χ1n) is 7.86. The van der Waals surface area contributed by atoms with Gasteiger partial charge in [-0.25, -0.2) is 4.39 Å². The van der Waals surface area contributed by atoms with E-state index >= 15 is 0 Å². The van der Waals surface area contributed by atoms with E-state index in [-0.39, 0.29) is 11.7 Å². The van der Waals surface area contributed by atoms with Gasteiger partial charge in [-0.15, -0.1) is 0 Å². The van der Waals surface area contributed by atoms with Gasteiger partial charge in [0.05, 0.1) is 23.9 Å². The average molecular weight is 316 g/mol. The fourth-order valence-corrected chi connectivity index (χ4v) is 3.14. The maximum absolute atomic E-state index is 13.2. The Morgan fingerprint density at radius 1 is 1.39 bits per heavy atom. The molecule has 0 spiro atoms. The zero-order chi connectivity index (χ0) is 16.3.